The van der Waals surface area contributed by atoms with Crippen molar-refractivity contribution in [3.05, 3.63) is 142 Å². The van der Waals surface area contributed by atoms with Crippen molar-refractivity contribution < 1.29 is 16.6 Å². The van der Waals surface area contributed by atoms with E-state index >= 15 is 0 Å². The Hall–Kier alpha value is -2.71. The summed E-state index contributed by atoms with van der Waals surface area (Å²) in [5, 5.41) is 6.76. The molecule has 40 heavy (non-hydrogen) atoms. The summed E-state index contributed by atoms with van der Waals surface area (Å²) in [4.78, 5) is 0. The van der Waals surface area contributed by atoms with Gasteiger partial charge in [-0.25, -0.2) is 0 Å². The third kappa shape index (κ3) is 3.74. The van der Waals surface area contributed by atoms with Crippen LogP contribution in [0.5, 0.6) is 0 Å². The van der Waals surface area contributed by atoms with E-state index in [9.17, 15) is 0 Å². The van der Waals surface area contributed by atoms with Crippen LogP contribution in [0.3, 0.4) is 0 Å². The van der Waals surface area contributed by atoms with Crippen LogP contribution in [0.4, 0.5) is 0 Å². The van der Waals surface area contributed by atoms with E-state index in [1.807, 2.05) is 10.4 Å². The van der Waals surface area contributed by atoms with Gasteiger partial charge in [-0.15, -0.1) is 0 Å². The van der Waals surface area contributed by atoms with Crippen molar-refractivity contribution in [1.82, 2.24) is 0 Å². The summed E-state index contributed by atoms with van der Waals surface area (Å²) < 4.78 is 4.21. The van der Waals surface area contributed by atoms with Crippen molar-refractivity contribution >= 4 is 30.6 Å². The van der Waals surface area contributed by atoms with Crippen molar-refractivity contribution in [2.24, 2.45) is 0 Å². The van der Waals surface area contributed by atoms with Gasteiger partial charge in [0.15, 0.2) is 0 Å². The van der Waals surface area contributed by atoms with Crippen LogP contribution in [0, 0.1) is 0 Å². The van der Waals surface area contributed by atoms with E-state index < -0.39 is 24.7 Å². The second kappa shape index (κ2) is 10.6. The molecule has 4 aromatic rings. The first kappa shape index (κ1) is 26.2. The molecule has 1 fully saturated rings. The molecule has 2 aliphatic carbocycles. The Labute approximate surface area is 245 Å². The topological polar surface area (TPSA) is 0 Å². The normalized spacial score (nSPS) is 21.1. The SMILES string of the molecule is CCC[CH2][Ti]1([CH2]CCC)[CH]2C(=Cc3ccccc32)[Si](c2ccccc2)(c2ccccc2)C2=Cc3ccccc3[CH]21. The van der Waals surface area contributed by atoms with Gasteiger partial charge >= 0.3 is 246 Å². The summed E-state index contributed by atoms with van der Waals surface area (Å²) in [6.07, 6.45) is 10.7. The molecular formula is C38H40SiTi. The van der Waals surface area contributed by atoms with Crippen LogP contribution in [0.25, 0.3) is 12.2 Å². The van der Waals surface area contributed by atoms with Gasteiger partial charge in [-0.05, 0) is 0 Å². The summed E-state index contributed by atoms with van der Waals surface area (Å²) in [6.45, 7) is 4.81. The second-order valence-electron chi connectivity index (χ2n) is 12.2. The van der Waals surface area contributed by atoms with Gasteiger partial charge < -0.3 is 0 Å². The van der Waals surface area contributed by atoms with Crippen LogP contribution in [0.2, 0.25) is 9.45 Å². The Balaban J connectivity index is 1.63. The minimum absolute atomic E-state index is 0.634. The third-order valence-electron chi connectivity index (χ3n) is 10.3. The molecule has 0 bridgehead atoms. The summed E-state index contributed by atoms with van der Waals surface area (Å²) in [5.74, 6) is 0. The van der Waals surface area contributed by atoms with Gasteiger partial charge in [-0.2, -0.15) is 0 Å². The molecular weight excluding hydrogens is 532 g/mol. The Morgan fingerprint density at radius 3 is 1.35 bits per heavy atom. The molecule has 3 aliphatic rings. The molecule has 4 aromatic carbocycles. The van der Waals surface area contributed by atoms with Crippen molar-refractivity contribution in [3.8, 4) is 0 Å². The van der Waals surface area contributed by atoms with E-state index in [4.69, 9.17) is 0 Å². The molecule has 0 radical (unpaired) electrons. The zero-order valence-electron chi connectivity index (χ0n) is 23.9. The standard InChI is InChI=1S/C30H22Si.2C4H9.Ti/c1-3-15-27(16-4-1)31(28-17-5-2-6-18-28,29-19-23-11-7-8-12-24(23)20-29)30-21-25-13-9-10-14-26(25)22-30;2*1-3-4-2;/h1-22H;2*1,3-4H2,2H3;. The Kier molecular flexibility index (Phi) is 6.95. The van der Waals surface area contributed by atoms with Gasteiger partial charge in [0.25, 0.3) is 0 Å². The van der Waals surface area contributed by atoms with Crippen LogP contribution < -0.4 is 10.4 Å². The molecule has 0 saturated carbocycles. The molecule has 1 aliphatic heterocycles. The van der Waals surface area contributed by atoms with Crippen molar-refractivity contribution in [3.63, 3.8) is 0 Å². The maximum absolute atomic E-state index is 2.71. The quantitative estimate of drug-likeness (QED) is 0.185. The van der Waals surface area contributed by atoms with Crippen LogP contribution in [-0.4, -0.2) is 8.07 Å². The van der Waals surface area contributed by atoms with Gasteiger partial charge in [0.05, 0.1) is 0 Å². The first-order chi connectivity index (χ1) is 19.8. The van der Waals surface area contributed by atoms with E-state index in [2.05, 4.69) is 135 Å². The van der Waals surface area contributed by atoms with Crippen LogP contribution in [-0.2, 0) is 16.6 Å². The fraction of sp³-hybridized carbons (Fsp3) is 0.263. The monoisotopic (exact) mass is 572 g/mol. The second-order valence-corrected chi connectivity index (χ2v) is 23.3. The summed E-state index contributed by atoms with van der Waals surface area (Å²) in [6, 6.07) is 42.5. The van der Waals surface area contributed by atoms with Crippen LogP contribution >= 0.6 is 0 Å². The average molecular weight is 573 g/mol. The Morgan fingerprint density at radius 2 is 0.925 bits per heavy atom. The first-order valence-electron chi connectivity index (χ1n) is 15.5. The number of benzene rings is 4. The minimum atomic E-state index is -2.69. The average Bonchev–Trinajstić information content (AvgIpc) is 3.60. The predicted octanol–water partition coefficient (Wildman–Crippen LogP) is 9.21. The number of allylic oxidation sites excluding steroid dienone is 2. The van der Waals surface area contributed by atoms with Gasteiger partial charge in [0, 0.05) is 0 Å². The molecule has 7 rings (SSSR count). The van der Waals surface area contributed by atoms with E-state index in [0.29, 0.717) is 8.45 Å². The summed E-state index contributed by atoms with van der Waals surface area (Å²) in [5.41, 5.74) is 6.33. The molecule has 0 amide bonds. The van der Waals surface area contributed by atoms with Crippen LogP contribution in [0.1, 0.15) is 70.2 Å². The van der Waals surface area contributed by atoms with Crippen LogP contribution in [0.15, 0.2) is 120 Å². The number of hydrogen-bond donors (Lipinski definition) is 0. The molecule has 200 valence electrons. The summed E-state index contributed by atoms with van der Waals surface area (Å²) in [7, 11) is -2.49. The van der Waals surface area contributed by atoms with E-state index in [1.165, 1.54) is 46.3 Å². The van der Waals surface area contributed by atoms with Crippen molar-refractivity contribution in [1.29, 1.82) is 0 Å². The van der Waals surface area contributed by atoms with Crippen molar-refractivity contribution in [2.45, 2.75) is 57.4 Å². The number of hydrogen-bond acceptors (Lipinski definition) is 0. The van der Waals surface area contributed by atoms with Crippen molar-refractivity contribution in [2.75, 3.05) is 0 Å². The molecule has 1 heterocycles. The van der Waals surface area contributed by atoms with E-state index in [1.54, 1.807) is 21.5 Å². The zero-order valence-corrected chi connectivity index (χ0v) is 26.5. The fourth-order valence-electron chi connectivity index (χ4n) is 8.79. The maximum atomic E-state index is 2.71. The molecule has 0 nitrogen and oxygen atoms in total. The fourth-order valence-corrected chi connectivity index (χ4v) is 29.3. The van der Waals surface area contributed by atoms with Gasteiger partial charge in [-0.3, -0.25) is 0 Å². The third-order valence-corrected chi connectivity index (χ3v) is 25.7. The Morgan fingerprint density at radius 1 is 0.525 bits per heavy atom. The number of rotatable bonds is 8. The number of fused-ring (bicyclic) bond motifs is 6. The Bertz CT molecular complexity index is 1460. The van der Waals surface area contributed by atoms with E-state index in [-0.39, 0.29) is 0 Å². The van der Waals surface area contributed by atoms with Gasteiger partial charge in [0.1, 0.15) is 0 Å². The summed E-state index contributed by atoms with van der Waals surface area (Å²) >= 11 is -2.69. The predicted molar refractivity (Wildman–Crippen MR) is 172 cm³/mol. The molecule has 1 saturated heterocycles. The first-order valence-corrected chi connectivity index (χ1v) is 21.5. The van der Waals surface area contributed by atoms with Gasteiger partial charge in [-0.1, -0.05) is 0 Å². The van der Waals surface area contributed by atoms with Gasteiger partial charge in [0.2, 0.25) is 0 Å². The zero-order chi connectivity index (χ0) is 27.2. The molecule has 0 N–H and O–H groups in total. The van der Waals surface area contributed by atoms with E-state index in [0.717, 1.165) is 0 Å². The molecule has 2 heteroatoms. The molecule has 2 atom stereocenters. The molecule has 0 spiro atoms. The molecule has 2 unspecified atom stereocenters. The number of unbranched alkanes of at least 4 members (excludes halogenated alkanes) is 2. The molecule has 0 aromatic heterocycles.